The minimum absolute atomic E-state index is 0.0526. The molecule has 0 bridgehead atoms. The Morgan fingerprint density at radius 2 is 1.88 bits per heavy atom. The minimum Gasteiger partial charge on any atom is -0.452 e. The molecule has 0 unspecified atom stereocenters. The number of hydrogen-bond donors (Lipinski definition) is 1. The lowest BCUT2D eigenvalue weighted by atomic mass is 10.2. The van der Waals surface area contributed by atoms with Gasteiger partial charge in [0.2, 0.25) is 0 Å². The first kappa shape index (κ1) is 17.7. The number of nitro benzene ring substituents is 1. The number of esters is 1. The number of amides is 1. The van der Waals surface area contributed by atoms with E-state index in [2.05, 4.69) is 5.32 Å². The van der Waals surface area contributed by atoms with Crippen LogP contribution in [0.5, 0.6) is 0 Å². The first-order valence-corrected chi connectivity index (χ1v) is 7.29. The van der Waals surface area contributed by atoms with Gasteiger partial charge in [-0.05, 0) is 24.3 Å². The van der Waals surface area contributed by atoms with Crippen LogP contribution in [0.4, 0.5) is 11.4 Å². The second kappa shape index (κ2) is 7.76. The number of carbonyl (C=O) groups is 2. The number of benzene rings is 2. The molecule has 1 N–H and O–H groups in total. The fourth-order valence-electron chi connectivity index (χ4n) is 1.78. The zero-order valence-corrected chi connectivity index (χ0v) is 13.5. The number of nitrogens with one attached hydrogen (secondary N) is 1. The van der Waals surface area contributed by atoms with Crippen molar-refractivity contribution in [3.05, 3.63) is 68.2 Å². The van der Waals surface area contributed by atoms with Gasteiger partial charge in [-0.25, -0.2) is 4.79 Å². The van der Waals surface area contributed by atoms with E-state index in [1.54, 1.807) is 12.1 Å². The first-order valence-electron chi connectivity index (χ1n) is 6.54. The standard InChI is InChI=1S/C15H10Cl2N2O5/c16-9-5-6-12(13(7-9)19(22)23)18-14(20)8-24-15(21)10-3-1-2-4-11(10)17/h1-7H,8H2,(H,18,20). The number of rotatable bonds is 5. The van der Waals surface area contributed by atoms with Gasteiger partial charge >= 0.3 is 5.97 Å². The monoisotopic (exact) mass is 368 g/mol. The molecule has 9 heteroatoms. The van der Waals surface area contributed by atoms with Crippen molar-refractivity contribution in [3.63, 3.8) is 0 Å². The lowest BCUT2D eigenvalue weighted by molar-refractivity contribution is -0.383. The van der Waals surface area contributed by atoms with Crippen LogP contribution in [-0.2, 0) is 9.53 Å². The molecule has 7 nitrogen and oxygen atoms in total. The third-order valence-corrected chi connectivity index (χ3v) is 3.42. The maximum Gasteiger partial charge on any atom is 0.340 e. The van der Waals surface area contributed by atoms with Crippen LogP contribution in [-0.4, -0.2) is 23.4 Å². The number of halogens is 2. The maximum absolute atomic E-state index is 11.8. The number of hydrogen-bond acceptors (Lipinski definition) is 5. The molecule has 0 atom stereocenters. The topological polar surface area (TPSA) is 98.5 Å². The number of nitrogens with zero attached hydrogens (tertiary/aromatic N) is 1. The molecule has 0 heterocycles. The Morgan fingerprint density at radius 3 is 2.54 bits per heavy atom. The molecule has 0 aliphatic carbocycles. The van der Waals surface area contributed by atoms with Crippen LogP contribution in [0.25, 0.3) is 0 Å². The zero-order chi connectivity index (χ0) is 17.7. The summed E-state index contributed by atoms with van der Waals surface area (Å²) in [4.78, 5) is 33.9. The van der Waals surface area contributed by atoms with Crippen molar-refractivity contribution in [3.8, 4) is 0 Å². The van der Waals surface area contributed by atoms with E-state index in [4.69, 9.17) is 27.9 Å². The predicted molar refractivity (Wildman–Crippen MR) is 88.5 cm³/mol. The highest BCUT2D eigenvalue weighted by atomic mass is 35.5. The summed E-state index contributed by atoms with van der Waals surface area (Å²) in [5.41, 5.74) is -0.305. The molecule has 2 rings (SSSR count). The summed E-state index contributed by atoms with van der Waals surface area (Å²) in [5, 5.41) is 13.6. The molecule has 124 valence electrons. The van der Waals surface area contributed by atoms with E-state index >= 15 is 0 Å². The Balaban J connectivity index is 2.01. The van der Waals surface area contributed by atoms with E-state index in [0.717, 1.165) is 6.07 Å². The third-order valence-electron chi connectivity index (χ3n) is 2.86. The predicted octanol–water partition coefficient (Wildman–Crippen LogP) is 3.70. The molecule has 0 radical (unpaired) electrons. The number of ether oxygens (including phenoxy) is 1. The third kappa shape index (κ3) is 4.43. The van der Waals surface area contributed by atoms with Crippen molar-refractivity contribution in [1.82, 2.24) is 0 Å². The van der Waals surface area contributed by atoms with Crippen LogP contribution in [0, 0.1) is 10.1 Å². The highest BCUT2D eigenvalue weighted by Gasteiger charge is 2.18. The van der Waals surface area contributed by atoms with E-state index in [1.165, 1.54) is 24.3 Å². The number of anilines is 1. The number of carbonyl (C=O) groups excluding carboxylic acids is 2. The summed E-state index contributed by atoms with van der Waals surface area (Å²) < 4.78 is 4.84. The van der Waals surface area contributed by atoms with E-state index in [0.29, 0.717) is 0 Å². The second-order valence-corrected chi connectivity index (χ2v) is 5.37. The Kier molecular flexibility index (Phi) is 5.73. The molecule has 2 aromatic rings. The lowest BCUT2D eigenvalue weighted by Crippen LogP contribution is -2.21. The van der Waals surface area contributed by atoms with Crippen LogP contribution < -0.4 is 5.32 Å². The molecule has 2 aromatic carbocycles. The molecule has 0 spiro atoms. The van der Waals surface area contributed by atoms with Crippen molar-refractivity contribution in [2.75, 3.05) is 11.9 Å². The van der Waals surface area contributed by atoms with Crippen LogP contribution in [0.15, 0.2) is 42.5 Å². The smallest absolute Gasteiger partial charge is 0.340 e. The summed E-state index contributed by atoms with van der Waals surface area (Å²) in [5.74, 6) is -1.51. The molecule has 24 heavy (non-hydrogen) atoms. The highest BCUT2D eigenvalue weighted by Crippen LogP contribution is 2.27. The fourth-order valence-corrected chi connectivity index (χ4v) is 2.16. The number of nitro groups is 1. The van der Waals surface area contributed by atoms with Gasteiger partial charge in [0.15, 0.2) is 6.61 Å². The summed E-state index contributed by atoms with van der Waals surface area (Å²) in [7, 11) is 0. The highest BCUT2D eigenvalue weighted by molar-refractivity contribution is 6.33. The second-order valence-electron chi connectivity index (χ2n) is 4.52. The molecule has 0 aliphatic rings. The summed E-state index contributed by atoms with van der Waals surface area (Å²) in [6, 6.07) is 9.98. The molecular weight excluding hydrogens is 359 g/mol. The van der Waals surface area contributed by atoms with Gasteiger partial charge in [-0.1, -0.05) is 35.3 Å². The van der Waals surface area contributed by atoms with Gasteiger partial charge in [0.25, 0.3) is 11.6 Å². The van der Waals surface area contributed by atoms with Crippen molar-refractivity contribution < 1.29 is 19.2 Å². The zero-order valence-electron chi connectivity index (χ0n) is 12.0. The van der Waals surface area contributed by atoms with Crippen molar-refractivity contribution in [2.45, 2.75) is 0 Å². The summed E-state index contributed by atoms with van der Waals surface area (Å²) in [6.07, 6.45) is 0. The SMILES string of the molecule is O=C(COC(=O)c1ccccc1Cl)Nc1ccc(Cl)cc1[N+](=O)[O-]. The quantitative estimate of drug-likeness (QED) is 0.492. The van der Waals surface area contributed by atoms with Crippen LogP contribution in [0.1, 0.15) is 10.4 Å². The minimum atomic E-state index is -0.777. The van der Waals surface area contributed by atoms with E-state index in [-0.39, 0.29) is 27.0 Å². The van der Waals surface area contributed by atoms with Crippen LogP contribution in [0.2, 0.25) is 10.0 Å². The Hall–Kier alpha value is -2.64. The van der Waals surface area contributed by atoms with Crippen LogP contribution >= 0.6 is 23.2 Å². The lowest BCUT2D eigenvalue weighted by Gasteiger charge is -2.08. The first-order chi connectivity index (χ1) is 11.4. The van der Waals surface area contributed by atoms with Gasteiger partial charge in [-0.15, -0.1) is 0 Å². The summed E-state index contributed by atoms with van der Waals surface area (Å²) >= 11 is 11.5. The molecule has 0 saturated carbocycles. The largest absolute Gasteiger partial charge is 0.452 e. The van der Waals surface area contributed by atoms with E-state index in [9.17, 15) is 19.7 Å². The van der Waals surface area contributed by atoms with Crippen molar-refractivity contribution >= 4 is 46.5 Å². The average molecular weight is 369 g/mol. The molecule has 0 aliphatic heterocycles. The van der Waals surface area contributed by atoms with Crippen LogP contribution in [0.3, 0.4) is 0 Å². The van der Waals surface area contributed by atoms with E-state index < -0.39 is 23.4 Å². The van der Waals surface area contributed by atoms with Crippen molar-refractivity contribution in [1.29, 1.82) is 0 Å². The van der Waals surface area contributed by atoms with Gasteiger partial charge < -0.3 is 10.1 Å². The molecule has 1 amide bonds. The van der Waals surface area contributed by atoms with Gasteiger partial charge in [0.1, 0.15) is 5.69 Å². The average Bonchev–Trinajstić information content (AvgIpc) is 2.54. The molecule has 0 fully saturated rings. The Morgan fingerprint density at radius 1 is 1.17 bits per heavy atom. The van der Waals surface area contributed by atoms with Gasteiger partial charge in [-0.3, -0.25) is 14.9 Å². The normalized spacial score (nSPS) is 10.1. The molecule has 0 saturated heterocycles. The Bertz CT molecular complexity index is 810. The van der Waals surface area contributed by atoms with Gasteiger partial charge in [0.05, 0.1) is 15.5 Å². The molecule has 0 aromatic heterocycles. The fraction of sp³-hybridized carbons (Fsp3) is 0.0667. The van der Waals surface area contributed by atoms with Crippen molar-refractivity contribution in [2.24, 2.45) is 0 Å². The van der Waals surface area contributed by atoms with Gasteiger partial charge in [0, 0.05) is 11.1 Å². The molecular formula is C15H10Cl2N2O5. The summed E-state index contributed by atoms with van der Waals surface area (Å²) in [6.45, 7) is -0.621. The maximum atomic E-state index is 11.8. The van der Waals surface area contributed by atoms with Gasteiger partial charge in [-0.2, -0.15) is 0 Å². The van der Waals surface area contributed by atoms with E-state index in [1.807, 2.05) is 0 Å². The Labute approximate surface area is 146 Å².